The van der Waals surface area contributed by atoms with Crippen LogP contribution in [0.1, 0.15) is 38.2 Å². The first kappa shape index (κ1) is 13.6. The zero-order chi connectivity index (χ0) is 13.2. The van der Waals surface area contributed by atoms with E-state index in [0.717, 1.165) is 31.2 Å². The van der Waals surface area contributed by atoms with E-state index >= 15 is 0 Å². The average molecular weight is 267 g/mol. The van der Waals surface area contributed by atoms with Crippen molar-refractivity contribution in [1.29, 1.82) is 0 Å². The van der Waals surface area contributed by atoms with E-state index in [1.165, 1.54) is 0 Å². The molecule has 1 saturated carbocycles. The van der Waals surface area contributed by atoms with Crippen molar-refractivity contribution in [3.8, 4) is 0 Å². The molecule has 0 N–H and O–H groups in total. The van der Waals surface area contributed by atoms with Crippen molar-refractivity contribution in [3.63, 3.8) is 0 Å². The van der Waals surface area contributed by atoms with Crippen LogP contribution in [0.2, 0.25) is 0 Å². The summed E-state index contributed by atoms with van der Waals surface area (Å²) in [5, 5.41) is 0. The maximum absolute atomic E-state index is 12.7. The van der Waals surface area contributed by atoms with E-state index < -0.39 is 10.0 Å². The highest BCUT2D eigenvalue weighted by molar-refractivity contribution is 7.89. The number of hydrogen-bond acceptors (Lipinski definition) is 2. The molecule has 3 nitrogen and oxygen atoms in total. The van der Waals surface area contributed by atoms with Crippen LogP contribution in [-0.4, -0.2) is 25.3 Å². The molecule has 1 fully saturated rings. The lowest BCUT2D eigenvalue weighted by molar-refractivity contribution is 0.395. The lowest BCUT2D eigenvalue weighted by Crippen LogP contribution is -2.34. The summed E-state index contributed by atoms with van der Waals surface area (Å²) in [6.45, 7) is 4.60. The van der Waals surface area contributed by atoms with E-state index in [1.807, 2.05) is 19.1 Å². The third kappa shape index (κ3) is 2.75. The first-order chi connectivity index (χ1) is 8.57. The van der Waals surface area contributed by atoms with Gasteiger partial charge in [-0.15, -0.1) is 0 Å². The van der Waals surface area contributed by atoms with Gasteiger partial charge in [0.05, 0.1) is 4.90 Å². The second-order valence-corrected chi connectivity index (χ2v) is 6.82. The monoisotopic (exact) mass is 267 g/mol. The summed E-state index contributed by atoms with van der Waals surface area (Å²) in [6, 6.07) is 7.48. The predicted molar refractivity (Wildman–Crippen MR) is 73.0 cm³/mol. The maximum atomic E-state index is 12.7. The van der Waals surface area contributed by atoms with Gasteiger partial charge in [0.1, 0.15) is 0 Å². The third-order valence-electron chi connectivity index (χ3n) is 3.37. The summed E-state index contributed by atoms with van der Waals surface area (Å²) in [7, 11) is -3.31. The standard InChI is InChI=1S/C14H21NO2S/c1-3-4-11-15(13-9-10-13)18(16,17)14-8-6-5-7-12(14)2/h5-8,13H,3-4,9-11H2,1-2H3. The minimum absolute atomic E-state index is 0.237. The van der Waals surface area contributed by atoms with Gasteiger partial charge in [-0.2, -0.15) is 4.31 Å². The Morgan fingerprint density at radius 1 is 1.28 bits per heavy atom. The van der Waals surface area contributed by atoms with Gasteiger partial charge in [0.25, 0.3) is 0 Å². The van der Waals surface area contributed by atoms with Crippen LogP contribution in [0.25, 0.3) is 0 Å². The predicted octanol–water partition coefficient (Wildman–Crippen LogP) is 2.95. The first-order valence-electron chi connectivity index (χ1n) is 6.65. The molecule has 0 spiro atoms. The number of rotatable bonds is 6. The van der Waals surface area contributed by atoms with Crippen LogP contribution >= 0.6 is 0 Å². The summed E-state index contributed by atoms with van der Waals surface area (Å²) in [5.41, 5.74) is 0.833. The first-order valence-corrected chi connectivity index (χ1v) is 8.09. The highest BCUT2D eigenvalue weighted by Gasteiger charge is 2.37. The lowest BCUT2D eigenvalue weighted by Gasteiger charge is -2.22. The quantitative estimate of drug-likeness (QED) is 0.794. The van der Waals surface area contributed by atoms with Gasteiger partial charge in [0.15, 0.2) is 0 Å². The summed E-state index contributed by atoms with van der Waals surface area (Å²) < 4.78 is 27.0. The zero-order valence-electron chi connectivity index (χ0n) is 11.1. The number of nitrogens with zero attached hydrogens (tertiary/aromatic N) is 1. The number of aryl methyl sites for hydroxylation is 1. The number of benzene rings is 1. The van der Waals surface area contributed by atoms with Gasteiger partial charge in [-0.25, -0.2) is 8.42 Å². The summed E-state index contributed by atoms with van der Waals surface area (Å²) >= 11 is 0. The fourth-order valence-corrected chi connectivity index (χ4v) is 4.10. The Morgan fingerprint density at radius 2 is 1.94 bits per heavy atom. The zero-order valence-corrected chi connectivity index (χ0v) is 11.9. The van der Waals surface area contributed by atoms with Crippen molar-refractivity contribution in [2.24, 2.45) is 0 Å². The molecule has 0 saturated heterocycles. The third-order valence-corrected chi connectivity index (χ3v) is 5.48. The lowest BCUT2D eigenvalue weighted by atomic mass is 10.2. The second-order valence-electron chi connectivity index (χ2n) is 4.97. The molecule has 4 heteroatoms. The van der Waals surface area contributed by atoms with Crippen molar-refractivity contribution >= 4 is 10.0 Å². The van der Waals surface area contributed by atoms with Crippen LogP contribution < -0.4 is 0 Å². The van der Waals surface area contributed by atoms with E-state index in [1.54, 1.807) is 16.4 Å². The van der Waals surface area contributed by atoms with Crippen LogP contribution in [0.3, 0.4) is 0 Å². The normalized spacial score (nSPS) is 16.2. The van der Waals surface area contributed by atoms with Gasteiger partial charge in [-0.1, -0.05) is 31.5 Å². The van der Waals surface area contributed by atoms with Crippen molar-refractivity contribution in [1.82, 2.24) is 4.31 Å². The molecule has 2 rings (SSSR count). The van der Waals surface area contributed by atoms with Crippen molar-refractivity contribution in [3.05, 3.63) is 29.8 Å². The van der Waals surface area contributed by atoms with E-state index in [2.05, 4.69) is 6.92 Å². The Morgan fingerprint density at radius 3 is 2.50 bits per heavy atom. The van der Waals surface area contributed by atoms with E-state index in [9.17, 15) is 8.42 Å². The summed E-state index contributed by atoms with van der Waals surface area (Å²) in [5.74, 6) is 0. The highest BCUT2D eigenvalue weighted by Crippen LogP contribution is 2.33. The van der Waals surface area contributed by atoms with E-state index in [-0.39, 0.29) is 6.04 Å². The topological polar surface area (TPSA) is 37.4 Å². The van der Waals surface area contributed by atoms with Crippen LogP contribution in [0.15, 0.2) is 29.2 Å². The van der Waals surface area contributed by atoms with Gasteiger partial charge >= 0.3 is 0 Å². The molecule has 1 aliphatic rings. The Hall–Kier alpha value is -0.870. The Bertz CT molecular complexity index is 506. The molecule has 1 aromatic rings. The molecule has 1 aliphatic carbocycles. The second kappa shape index (κ2) is 5.41. The summed E-state index contributed by atoms with van der Waals surface area (Å²) in [6.07, 6.45) is 3.97. The van der Waals surface area contributed by atoms with Crippen LogP contribution in [0.5, 0.6) is 0 Å². The SMILES string of the molecule is CCCCN(C1CC1)S(=O)(=O)c1ccccc1C. The maximum Gasteiger partial charge on any atom is 0.243 e. The largest absolute Gasteiger partial charge is 0.243 e. The molecular weight excluding hydrogens is 246 g/mol. The van der Waals surface area contributed by atoms with Crippen molar-refractivity contribution in [2.45, 2.75) is 50.5 Å². The molecule has 0 heterocycles. The van der Waals surface area contributed by atoms with Crippen molar-refractivity contribution in [2.75, 3.05) is 6.54 Å². The molecule has 18 heavy (non-hydrogen) atoms. The fraction of sp³-hybridized carbons (Fsp3) is 0.571. The van der Waals surface area contributed by atoms with Gasteiger partial charge in [0.2, 0.25) is 10.0 Å². The Labute approximate surface area is 110 Å². The molecule has 0 aliphatic heterocycles. The molecule has 1 aromatic carbocycles. The minimum atomic E-state index is -3.31. The molecule has 0 amide bonds. The average Bonchev–Trinajstić information content (AvgIpc) is 3.14. The molecule has 0 radical (unpaired) electrons. The molecule has 0 unspecified atom stereocenters. The van der Waals surface area contributed by atoms with E-state index in [0.29, 0.717) is 11.4 Å². The van der Waals surface area contributed by atoms with Crippen LogP contribution in [0.4, 0.5) is 0 Å². The van der Waals surface area contributed by atoms with Crippen LogP contribution in [0, 0.1) is 6.92 Å². The molecular formula is C14H21NO2S. The van der Waals surface area contributed by atoms with Gasteiger partial charge < -0.3 is 0 Å². The molecule has 0 bridgehead atoms. The van der Waals surface area contributed by atoms with Gasteiger partial charge in [-0.3, -0.25) is 0 Å². The van der Waals surface area contributed by atoms with Gasteiger partial charge in [-0.05, 0) is 37.8 Å². The van der Waals surface area contributed by atoms with Gasteiger partial charge in [0, 0.05) is 12.6 Å². The Kier molecular flexibility index (Phi) is 4.07. The number of hydrogen-bond donors (Lipinski definition) is 0. The Balaban J connectivity index is 2.30. The number of sulfonamides is 1. The van der Waals surface area contributed by atoms with E-state index in [4.69, 9.17) is 0 Å². The summed E-state index contributed by atoms with van der Waals surface area (Å²) in [4.78, 5) is 0.466. The fourth-order valence-electron chi connectivity index (χ4n) is 2.15. The molecule has 100 valence electrons. The molecule has 0 atom stereocenters. The minimum Gasteiger partial charge on any atom is -0.207 e. The number of unbranched alkanes of at least 4 members (excludes halogenated alkanes) is 1. The molecule has 0 aromatic heterocycles. The highest BCUT2D eigenvalue weighted by atomic mass is 32.2. The van der Waals surface area contributed by atoms with Crippen molar-refractivity contribution < 1.29 is 8.42 Å². The smallest absolute Gasteiger partial charge is 0.207 e. The van der Waals surface area contributed by atoms with Crippen LogP contribution in [-0.2, 0) is 10.0 Å².